The van der Waals surface area contributed by atoms with E-state index in [-0.39, 0.29) is 5.92 Å². The second-order valence-corrected chi connectivity index (χ2v) is 8.28. The number of piperidine rings is 1. The summed E-state index contributed by atoms with van der Waals surface area (Å²) in [6.45, 7) is 5.18. The molecule has 1 aromatic carbocycles. The van der Waals surface area contributed by atoms with Gasteiger partial charge >= 0.3 is 0 Å². The summed E-state index contributed by atoms with van der Waals surface area (Å²) in [5, 5.41) is 10.4. The SMILES string of the molecule is Cc1cc(C)cc(C(O)CC2CCCN(S(C)(=O)=O)C2)c1. The molecule has 1 aliphatic heterocycles. The van der Waals surface area contributed by atoms with Crippen molar-refractivity contribution in [2.24, 2.45) is 5.92 Å². The third-order valence-corrected chi connectivity index (χ3v) is 5.41. The summed E-state index contributed by atoms with van der Waals surface area (Å²) >= 11 is 0. The normalized spacial score (nSPS) is 22.2. The molecule has 5 heteroatoms. The van der Waals surface area contributed by atoms with E-state index in [1.54, 1.807) is 0 Å². The Morgan fingerprint density at radius 2 is 1.90 bits per heavy atom. The number of aryl methyl sites for hydroxylation is 2. The summed E-state index contributed by atoms with van der Waals surface area (Å²) in [6, 6.07) is 6.10. The summed E-state index contributed by atoms with van der Waals surface area (Å²) in [5.74, 6) is 0.226. The fraction of sp³-hybridized carbons (Fsp3) is 0.625. The maximum absolute atomic E-state index is 11.6. The van der Waals surface area contributed by atoms with Gasteiger partial charge in [0.25, 0.3) is 0 Å². The highest BCUT2D eigenvalue weighted by atomic mass is 32.2. The van der Waals surface area contributed by atoms with Crippen molar-refractivity contribution >= 4 is 10.0 Å². The second kappa shape index (κ2) is 6.46. The molecular formula is C16H25NO3S. The van der Waals surface area contributed by atoms with E-state index >= 15 is 0 Å². The van der Waals surface area contributed by atoms with Crippen LogP contribution in [-0.4, -0.2) is 37.2 Å². The van der Waals surface area contributed by atoms with E-state index in [1.165, 1.54) is 10.6 Å². The van der Waals surface area contributed by atoms with Crippen molar-refractivity contribution in [2.45, 2.75) is 39.2 Å². The van der Waals surface area contributed by atoms with Crippen LogP contribution < -0.4 is 0 Å². The van der Waals surface area contributed by atoms with Gasteiger partial charge in [-0.2, -0.15) is 0 Å². The Morgan fingerprint density at radius 3 is 2.48 bits per heavy atom. The summed E-state index contributed by atoms with van der Waals surface area (Å²) < 4.78 is 24.8. The van der Waals surface area contributed by atoms with Crippen LogP contribution in [0.3, 0.4) is 0 Å². The Morgan fingerprint density at radius 1 is 1.29 bits per heavy atom. The van der Waals surface area contributed by atoms with Crippen molar-refractivity contribution in [3.8, 4) is 0 Å². The van der Waals surface area contributed by atoms with Crippen molar-refractivity contribution < 1.29 is 13.5 Å². The number of rotatable bonds is 4. The molecule has 1 aliphatic rings. The van der Waals surface area contributed by atoms with Crippen LogP contribution >= 0.6 is 0 Å². The molecule has 4 nitrogen and oxygen atoms in total. The zero-order chi connectivity index (χ0) is 15.6. The average molecular weight is 311 g/mol. The van der Waals surface area contributed by atoms with Gasteiger partial charge in [0.1, 0.15) is 0 Å². The number of hydrogen-bond acceptors (Lipinski definition) is 3. The fourth-order valence-corrected chi connectivity index (χ4v) is 4.12. The fourth-order valence-electron chi connectivity index (χ4n) is 3.17. The molecule has 118 valence electrons. The smallest absolute Gasteiger partial charge is 0.211 e. The van der Waals surface area contributed by atoms with E-state index in [1.807, 2.05) is 26.0 Å². The minimum absolute atomic E-state index is 0.226. The van der Waals surface area contributed by atoms with E-state index < -0.39 is 16.1 Å². The van der Waals surface area contributed by atoms with Crippen molar-refractivity contribution in [2.75, 3.05) is 19.3 Å². The lowest BCUT2D eigenvalue weighted by molar-refractivity contribution is 0.122. The molecule has 1 heterocycles. The molecule has 2 unspecified atom stereocenters. The zero-order valence-electron chi connectivity index (χ0n) is 13.0. The molecule has 2 atom stereocenters. The molecule has 1 fully saturated rings. The quantitative estimate of drug-likeness (QED) is 0.929. The second-order valence-electron chi connectivity index (χ2n) is 6.30. The average Bonchev–Trinajstić information content (AvgIpc) is 2.37. The van der Waals surface area contributed by atoms with Gasteiger partial charge in [-0.15, -0.1) is 0 Å². The number of sulfonamides is 1. The highest BCUT2D eigenvalue weighted by molar-refractivity contribution is 7.88. The largest absolute Gasteiger partial charge is 0.388 e. The van der Waals surface area contributed by atoms with Crippen LogP contribution in [0.25, 0.3) is 0 Å². The Balaban J connectivity index is 2.03. The van der Waals surface area contributed by atoms with Gasteiger partial charge in [-0.05, 0) is 44.6 Å². The Labute approximate surface area is 127 Å². The van der Waals surface area contributed by atoms with Crippen LogP contribution in [0.2, 0.25) is 0 Å². The molecule has 0 aromatic heterocycles. The number of aliphatic hydroxyl groups is 1. The van der Waals surface area contributed by atoms with E-state index in [0.29, 0.717) is 19.5 Å². The van der Waals surface area contributed by atoms with Gasteiger partial charge in [0.15, 0.2) is 0 Å². The van der Waals surface area contributed by atoms with Gasteiger partial charge in [-0.3, -0.25) is 0 Å². The van der Waals surface area contributed by atoms with Gasteiger partial charge < -0.3 is 5.11 Å². The first kappa shape index (κ1) is 16.5. The van der Waals surface area contributed by atoms with E-state index in [4.69, 9.17) is 0 Å². The predicted octanol–water partition coefficient (Wildman–Crippen LogP) is 2.40. The first-order valence-electron chi connectivity index (χ1n) is 7.47. The minimum atomic E-state index is -3.12. The molecule has 21 heavy (non-hydrogen) atoms. The third kappa shape index (κ3) is 4.53. The first-order chi connectivity index (χ1) is 9.75. The Kier molecular flexibility index (Phi) is 5.07. The van der Waals surface area contributed by atoms with E-state index in [2.05, 4.69) is 6.07 Å². The van der Waals surface area contributed by atoms with Gasteiger partial charge in [0, 0.05) is 13.1 Å². The maximum Gasteiger partial charge on any atom is 0.211 e. The minimum Gasteiger partial charge on any atom is -0.388 e. The topological polar surface area (TPSA) is 57.6 Å². The molecule has 0 amide bonds. The lowest BCUT2D eigenvalue weighted by Gasteiger charge is -2.32. The van der Waals surface area contributed by atoms with Gasteiger partial charge in [0.2, 0.25) is 10.0 Å². The molecule has 0 saturated carbocycles. The third-order valence-electron chi connectivity index (χ3n) is 4.14. The maximum atomic E-state index is 11.6. The summed E-state index contributed by atoms with van der Waals surface area (Å²) in [6.07, 6.45) is 3.21. The van der Waals surface area contributed by atoms with Crippen LogP contribution in [-0.2, 0) is 10.0 Å². The molecule has 1 N–H and O–H groups in total. The molecule has 0 aliphatic carbocycles. The number of aliphatic hydroxyl groups excluding tert-OH is 1. The van der Waals surface area contributed by atoms with E-state index in [0.717, 1.165) is 29.5 Å². The highest BCUT2D eigenvalue weighted by Gasteiger charge is 2.27. The van der Waals surface area contributed by atoms with Crippen LogP contribution in [0.4, 0.5) is 0 Å². The van der Waals surface area contributed by atoms with Crippen LogP contribution in [0.15, 0.2) is 18.2 Å². The lowest BCUT2D eigenvalue weighted by atomic mass is 9.90. The number of hydrogen-bond donors (Lipinski definition) is 1. The van der Waals surface area contributed by atoms with E-state index in [9.17, 15) is 13.5 Å². The van der Waals surface area contributed by atoms with Gasteiger partial charge in [-0.25, -0.2) is 12.7 Å². The summed E-state index contributed by atoms with van der Waals surface area (Å²) in [4.78, 5) is 0. The zero-order valence-corrected chi connectivity index (χ0v) is 13.9. The van der Waals surface area contributed by atoms with Crippen molar-refractivity contribution in [3.63, 3.8) is 0 Å². The monoisotopic (exact) mass is 311 g/mol. The molecule has 1 aromatic rings. The standard InChI is InChI=1S/C16H25NO3S/c1-12-7-13(2)9-15(8-12)16(18)10-14-5-4-6-17(11-14)21(3,19)20/h7-9,14,16,18H,4-6,10-11H2,1-3H3. The van der Waals surface area contributed by atoms with Gasteiger partial charge in [0.05, 0.1) is 12.4 Å². The number of benzene rings is 1. The predicted molar refractivity (Wildman–Crippen MR) is 84.6 cm³/mol. The van der Waals surface area contributed by atoms with Crippen molar-refractivity contribution in [3.05, 3.63) is 34.9 Å². The van der Waals surface area contributed by atoms with Crippen LogP contribution in [0.1, 0.15) is 42.1 Å². The Bertz CT molecular complexity index is 577. The summed E-state index contributed by atoms with van der Waals surface area (Å²) in [7, 11) is -3.12. The first-order valence-corrected chi connectivity index (χ1v) is 9.32. The highest BCUT2D eigenvalue weighted by Crippen LogP contribution is 2.29. The molecular weight excluding hydrogens is 286 g/mol. The number of nitrogens with zero attached hydrogens (tertiary/aromatic N) is 1. The Hall–Kier alpha value is -0.910. The molecule has 0 spiro atoms. The van der Waals surface area contributed by atoms with Crippen molar-refractivity contribution in [1.29, 1.82) is 0 Å². The molecule has 1 saturated heterocycles. The van der Waals surface area contributed by atoms with Crippen LogP contribution in [0.5, 0.6) is 0 Å². The molecule has 0 radical (unpaired) electrons. The molecule has 0 bridgehead atoms. The van der Waals surface area contributed by atoms with Crippen LogP contribution in [0, 0.1) is 19.8 Å². The van der Waals surface area contributed by atoms with Gasteiger partial charge in [-0.1, -0.05) is 29.3 Å². The molecule has 2 rings (SSSR count). The van der Waals surface area contributed by atoms with Crippen molar-refractivity contribution in [1.82, 2.24) is 4.31 Å². The lowest BCUT2D eigenvalue weighted by Crippen LogP contribution is -2.39. The summed E-state index contributed by atoms with van der Waals surface area (Å²) in [5.41, 5.74) is 3.22.